The van der Waals surface area contributed by atoms with E-state index in [1.54, 1.807) is 18.4 Å². The van der Waals surface area contributed by atoms with E-state index in [0.717, 1.165) is 0 Å². The number of allylic oxidation sites excluding steroid dienone is 3. The Hall–Kier alpha value is -1.25. The minimum atomic E-state index is 0.313. The zero-order chi connectivity index (χ0) is 5.82. The number of hydroxylamine groups is 1. The average Bonchev–Trinajstić information content (AvgIpc) is 1.90. The van der Waals surface area contributed by atoms with Crippen LogP contribution < -0.4 is 5.48 Å². The number of rotatable bonds is 1. The summed E-state index contributed by atoms with van der Waals surface area (Å²) in [6.07, 6.45) is 6.23. The topological polar surface area (TPSA) is 38.3 Å². The van der Waals surface area contributed by atoms with Gasteiger partial charge in [0.25, 0.3) is 6.29 Å². The molecule has 0 amide bonds. The number of nitrogens with one attached hydrogen (secondary N) is 1. The van der Waals surface area contributed by atoms with Crippen LogP contribution in [0.5, 0.6) is 0 Å². The van der Waals surface area contributed by atoms with E-state index in [9.17, 15) is 4.79 Å². The van der Waals surface area contributed by atoms with Crippen molar-refractivity contribution in [2.75, 3.05) is 0 Å². The molecule has 41 valence electrons. The first-order valence-electron chi connectivity index (χ1n) is 2.10. The van der Waals surface area contributed by atoms with Crippen molar-refractivity contribution in [1.29, 1.82) is 0 Å². The molecule has 1 aliphatic rings. The Morgan fingerprint density at radius 1 is 1.75 bits per heavy atom. The monoisotopic (exact) mass is 110 g/mol. The van der Waals surface area contributed by atoms with Crippen LogP contribution in [-0.4, -0.2) is 6.29 Å². The molecule has 0 unspecified atom stereocenters. The molecule has 3 heteroatoms. The molecule has 1 rings (SSSR count). The lowest BCUT2D eigenvalue weighted by atomic mass is 10.4. The third-order valence-corrected chi connectivity index (χ3v) is 0.688. The predicted molar refractivity (Wildman–Crippen MR) is 27.1 cm³/mol. The molecule has 0 saturated heterocycles. The van der Waals surface area contributed by atoms with Crippen LogP contribution in [0.3, 0.4) is 0 Å². The van der Waals surface area contributed by atoms with E-state index in [-0.39, 0.29) is 0 Å². The Bertz CT molecular complexity index is 149. The van der Waals surface area contributed by atoms with Gasteiger partial charge in [-0.05, 0) is 12.2 Å². The van der Waals surface area contributed by atoms with Crippen molar-refractivity contribution < 1.29 is 9.63 Å². The Labute approximate surface area is 46.6 Å². The van der Waals surface area contributed by atoms with Crippen LogP contribution in [0.15, 0.2) is 24.1 Å². The Morgan fingerprint density at radius 3 is 3.00 bits per heavy atom. The lowest BCUT2D eigenvalue weighted by Gasteiger charge is -2.03. The summed E-state index contributed by atoms with van der Waals surface area (Å²) in [5, 5.41) is 0. The van der Waals surface area contributed by atoms with Gasteiger partial charge in [-0.25, -0.2) is 5.48 Å². The molecule has 0 saturated carbocycles. The number of hydrogen-bond acceptors (Lipinski definition) is 3. The molecule has 0 atom stereocenters. The second-order valence-corrected chi connectivity index (χ2v) is 1.23. The van der Waals surface area contributed by atoms with Gasteiger partial charge in [-0.2, -0.15) is 0 Å². The first-order valence-corrected chi connectivity index (χ1v) is 2.10. The first kappa shape index (κ1) is 4.90. The smallest absolute Gasteiger partial charge is 0.254 e. The molecule has 0 aromatic heterocycles. The van der Waals surface area contributed by atoms with Gasteiger partial charge in [0.15, 0.2) is 0 Å². The van der Waals surface area contributed by atoms with Crippen molar-refractivity contribution in [3.8, 4) is 0 Å². The SMILES string of the molecule is O=[C]C1=CC=CON1. The zero-order valence-corrected chi connectivity index (χ0v) is 4.05. The second kappa shape index (κ2) is 2.16. The van der Waals surface area contributed by atoms with Gasteiger partial charge >= 0.3 is 0 Å². The van der Waals surface area contributed by atoms with Crippen LogP contribution in [-0.2, 0) is 9.63 Å². The second-order valence-electron chi connectivity index (χ2n) is 1.23. The van der Waals surface area contributed by atoms with Crippen LogP contribution in [0.1, 0.15) is 0 Å². The van der Waals surface area contributed by atoms with E-state index >= 15 is 0 Å². The van der Waals surface area contributed by atoms with Gasteiger partial charge in [0.1, 0.15) is 12.0 Å². The number of hydrogen-bond donors (Lipinski definition) is 1. The molecule has 8 heavy (non-hydrogen) atoms. The summed E-state index contributed by atoms with van der Waals surface area (Å²) in [6.45, 7) is 0. The molecule has 0 aromatic rings. The summed E-state index contributed by atoms with van der Waals surface area (Å²) in [7, 11) is 0. The lowest BCUT2D eigenvalue weighted by molar-refractivity contribution is 0.165. The fourth-order valence-corrected chi connectivity index (χ4v) is 0.361. The molecule has 3 nitrogen and oxygen atoms in total. The van der Waals surface area contributed by atoms with Crippen LogP contribution in [0, 0.1) is 0 Å². The molecule has 0 fully saturated rings. The summed E-state index contributed by atoms with van der Waals surface area (Å²) >= 11 is 0. The molecule has 0 bridgehead atoms. The Morgan fingerprint density at radius 2 is 2.62 bits per heavy atom. The minimum Gasteiger partial charge on any atom is -0.390 e. The summed E-state index contributed by atoms with van der Waals surface area (Å²) in [6, 6.07) is 0. The summed E-state index contributed by atoms with van der Waals surface area (Å²) in [5.41, 5.74) is 2.63. The summed E-state index contributed by atoms with van der Waals surface area (Å²) in [4.78, 5) is 14.3. The summed E-state index contributed by atoms with van der Waals surface area (Å²) in [5.74, 6) is 0. The van der Waals surface area contributed by atoms with Crippen LogP contribution in [0.25, 0.3) is 0 Å². The van der Waals surface area contributed by atoms with Crippen molar-refractivity contribution in [1.82, 2.24) is 5.48 Å². The highest BCUT2D eigenvalue weighted by atomic mass is 16.6. The molecule has 0 aromatic carbocycles. The fraction of sp³-hybridized carbons (Fsp3) is 0. The molecule has 1 N–H and O–H groups in total. The predicted octanol–water partition coefficient (Wildman–Crippen LogP) is 0.0285. The van der Waals surface area contributed by atoms with E-state index in [1.165, 1.54) is 6.26 Å². The average molecular weight is 110 g/mol. The van der Waals surface area contributed by atoms with Crippen molar-refractivity contribution in [3.63, 3.8) is 0 Å². The highest BCUT2D eigenvalue weighted by Crippen LogP contribution is 1.91. The van der Waals surface area contributed by atoms with Crippen molar-refractivity contribution >= 4 is 6.29 Å². The summed E-state index contributed by atoms with van der Waals surface area (Å²) < 4.78 is 0. The lowest BCUT2D eigenvalue weighted by Crippen LogP contribution is -2.13. The Kier molecular flexibility index (Phi) is 1.32. The standard InChI is InChI=1S/C5H4NO2/c7-4-5-2-1-3-8-6-5/h1-3,6H. The molecule has 1 aliphatic heterocycles. The largest absolute Gasteiger partial charge is 0.390 e. The van der Waals surface area contributed by atoms with Crippen LogP contribution in [0.4, 0.5) is 0 Å². The third kappa shape index (κ3) is 0.872. The van der Waals surface area contributed by atoms with Crippen LogP contribution >= 0.6 is 0 Å². The van der Waals surface area contributed by atoms with Gasteiger partial charge in [0, 0.05) is 0 Å². The molecule has 0 spiro atoms. The van der Waals surface area contributed by atoms with E-state index < -0.39 is 0 Å². The normalized spacial score (nSPS) is 15.8. The minimum absolute atomic E-state index is 0.313. The van der Waals surface area contributed by atoms with E-state index in [0.29, 0.717) is 5.70 Å². The van der Waals surface area contributed by atoms with Crippen molar-refractivity contribution in [3.05, 3.63) is 24.1 Å². The van der Waals surface area contributed by atoms with Gasteiger partial charge in [-0.15, -0.1) is 0 Å². The maximum atomic E-state index is 9.79. The number of carbonyl (C=O) groups excluding carboxylic acids is 1. The maximum Gasteiger partial charge on any atom is 0.254 e. The van der Waals surface area contributed by atoms with Gasteiger partial charge in [-0.1, -0.05) is 0 Å². The molecular weight excluding hydrogens is 106 g/mol. The van der Waals surface area contributed by atoms with Gasteiger partial charge in [0.05, 0.1) is 0 Å². The van der Waals surface area contributed by atoms with Crippen molar-refractivity contribution in [2.24, 2.45) is 0 Å². The van der Waals surface area contributed by atoms with Gasteiger partial charge in [-0.3, -0.25) is 4.79 Å². The van der Waals surface area contributed by atoms with E-state index in [2.05, 4.69) is 10.3 Å². The molecule has 0 aliphatic carbocycles. The molecule has 1 heterocycles. The molecular formula is C5H4NO2. The maximum absolute atomic E-state index is 9.79. The van der Waals surface area contributed by atoms with Gasteiger partial charge in [0.2, 0.25) is 0 Å². The third-order valence-electron chi connectivity index (χ3n) is 0.688. The fourth-order valence-electron chi connectivity index (χ4n) is 0.361. The molecule has 1 radical (unpaired) electrons. The van der Waals surface area contributed by atoms with E-state index in [1.807, 2.05) is 0 Å². The van der Waals surface area contributed by atoms with Gasteiger partial charge < -0.3 is 4.84 Å². The van der Waals surface area contributed by atoms with Crippen LogP contribution in [0.2, 0.25) is 0 Å². The Balaban J connectivity index is 2.63. The highest BCUT2D eigenvalue weighted by molar-refractivity contribution is 5.73. The van der Waals surface area contributed by atoms with Crippen molar-refractivity contribution in [2.45, 2.75) is 0 Å². The quantitative estimate of drug-likeness (QED) is 0.517. The first-order chi connectivity index (χ1) is 3.93. The zero-order valence-electron chi connectivity index (χ0n) is 4.05. The highest BCUT2D eigenvalue weighted by Gasteiger charge is 1.94. The van der Waals surface area contributed by atoms with E-state index in [4.69, 9.17) is 0 Å².